The Balaban J connectivity index is 1.73. The molecule has 0 aliphatic carbocycles. The molecular weight excluding hydrogens is 242 g/mol. The summed E-state index contributed by atoms with van der Waals surface area (Å²) in [5.74, 6) is 0.993. The maximum Gasteiger partial charge on any atom is 0.124 e. The van der Waals surface area contributed by atoms with Gasteiger partial charge in [-0.25, -0.2) is 4.98 Å². The zero-order chi connectivity index (χ0) is 12.4. The smallest absolute Gasteiger partial charge is 0.124 e. The minimum Gasteiger partial charge on any atom is -0.341 e. The summed E-state index contributed by atoms with van der Waals surface area (Å²) in [5.41, 5.74) is 2.12. The molecular formula is C14H15N3S. The van der Waals surface area contributed by atoms with Crippen molar-refractivity contribution in [3.05, 3.63) is 52.5 Å². The number of rotatable bonds is 4. The summed E-state index contributed by atoms with van der Waals surface area (Å²) in [6, 6.07) is 12.6. The molecule has 2 heterocycles. The fraction of sp³-hybridized carbons (Fsp3) is 0.214. The molecule has 0 fully saturated rings. The van der Waals surface area contributed by atoms with Crippen molar-refractivity contribution in [3.63, 3.8) is 0 Å². The third-order valence-corrected chi connectivity index (χ3v) is 3.86. The van der Waals surface area contributed by atoms with Crippen LogP contribution in [-0.2, 0) is 6.54 Å². The molecule has 3 rings (SSSR count). The second-order valence-corrected chi connectivity index (χ2v) is 5.35. The average Bonchev–Trinajstić information content (AvgIpc) is 3.04. The summed E-state index contributed by atoms with van der Waals surface area (Å²) >= 11 is 1.77. The van der Waals surface area contributed by atoms with Gasteiger partial charge in [-0.05, 0) is 30.5 Å². The number of aromatic amines is 1. The summed E-state index contributed by atoms with van der Waals surface area (Å²) in [6.07, 6.45) is 0. The quantitative estimate of drug-likeness (QED) is 0.751. The van der Waals surface area contributed by atoms with Crippen molar-refractivity contribution < 1.29 is 0 Å². The molecule has 0 aliphatic heterocycles. The summed E-state index contributed by atoms with van der Waals surface area (Å²) in [4.78, 5) is 9.30. The van der Waals surface area contributed by atoms with Crippen LogP contribution < -0.4 is 5.32 Å². The number of nitrogens with zero attached hydrogens (tertiary/aromatic N) is 1. The van der Waals surface area contributed by atoms with E-state index < -0.39 is 0 Å². The van der Waals surface area contributed by atoms with Crippen LogP contribution in [0.4, 0.5) is 0 Å². The minimum atomic E-state index is 0.222. The zero-order valence-corrected chi connectivity index (χ0v) is 11.0. The lowest BCUT2D eigenvalue weighted by Gasteiger charge is -2.09. The highest BCUT2D eigenvalue weighted by atomic mass is 32.1. The molecule has 4 heteroatoms. The Kier molecular flexibility index (Phi) is 3.13. The highest BCUT2D eigenvalue weighted by Crippen LogP contribution is 2.16. The van der Waals surface area contributed by atoms with E-state index in [0.29, 0.717) is 0 Å². The molecule has 0 radical (unpaired) electrons. The number of nitrogens with one attached hydrogen (secondary N) is 2. The van der Waals surface area contributed by atoms with Crippen molar-refractivity contribution in [3.8, 4) is 0 Å². The van der Waals surface area contributed by atoms with Gasteiger partial charge in [0, 0.05) is 11.4 Å². The number of fused-ring (bicyclic) bond motifs is 1. The number of para-hydroxylation sites is 2. The second kappa shape index (κ2) is 4.92. The molecule has 0 spiro atoms. The normalized spacial score (nSPS) is 12.9. The van der Waals surface area contributed by atoms with Gasteiger partial charge in [-0.2, -0.15) is 0 Å². The van der Waals surface area contributed by atoms with Gasteiger partial charge >= 0.3 is 0 Å². The summed E-state index contributed by atoms with van der Waals surface area (Å²) in [7, 11) is 0. The Morgan fingerprint density at radius 3 is 2.94 bits per heavy atom. The second-order valence-electron chi connectivity index (χ2n) is 4.32. The fourth-order valence-electron chi connectivity index (χ4n) is 1.94. The van der Waals surface area contributed by atoms with Crippen molar-refractivity contribution in [1.82, 2.24) is 15.3 Å². The molecule has 1 aromatic carbocycles. The molecule has 0 aliphatic rings. The van der Waals surface area contributed by atoms with Crippen LogP contribution in [-0.4, -0.2) is 9.97 Å². The van der Waals surface area contributed by atoms with E-state index in [0.717, 1.165) is 23.4 Å². The van der Waals surface area contributed by atoms with Crippen molar-refractivity contribution >= 4 is 22.4 Å². The zero-order valence-electron chi connectivity index (χ0n) is 10.2. The molecule has 0 amide bonds. The molecule has 0 saturated carbocycles. The molecule has 1 atom stereocenters. The molecule has 1 unspecified atom stereocenters. The SMILES string of the molecule is CC(NCc1cccs1)c1nc2ccccc2[nH]1. The van der Waals surface area contributed by atoms with Crippen LogP contribution in [0.1, 0.15) is 23.7 Å². The Hall–Kier alpha value is -1.65. The average molecular weight is 257 g/mol. The molecule has 92 valence electrons. The topological polar surface area (TPSA) is 40.7 Å². The number of aromatic nitrogens is 2. The molecule has 3 nitrogen and oxygen atoms in total. The predicted octanol–water partition coefficient (Wildman–Crippen LogP) is 3.48. The van der Waals surface area contributed by atoms with Gasteiger partial charge in [0.05, 0.1) is 17.1 Å². The van der Waals surface area contributed by atoms with Crippen LogP contribution in [0.15, 0.2) is 41.8 Å². The van der Waals surface area contributed by atoms with E-state index in [1.165, 1.54) is 4.88 Å². The molecule has 2 N–H and O–H groups in total. The van der Waals surface area contributed by atoms with E-state index in [1.54, 1.807) is 11.3 Å². The molecule has 0 saturated heterocycles. The number of thiophene rings is 1. The number of hydrogen-bond donors (Lipinski definition) is 2. The Morgan fingerprint density at radius 1 is 1.28 bits per heavy atom. The Morgan fingerprint density at radius 2 is 2.17 bits per heavy atom. The van der Waals surface area contributed by atoms with E-state index in [9.17, 15) is 0 Å². The maximum atomic E-state index is 4.60. The van der Waals surface area contributed by atoms with Crippen molar-refractivity contribution in [1.29, 1.82) is 0 Å². The third-order valence-electron chi connectivity index (χ3n) is 2.98. The van der Waals surface area contributed by atoms with Crippen LogP contribution >= 0.6 is 11.3 Å². The highest BCUT2D eigenvalue weighted by molar-refractivity contribution is 7.09. The van der Waals surface area contributed by atoms with Gasteiger partial charge in [-0.3, -0.25) is 0 Å². The van der Waals surface area contributed by atoms with Gasteiger partial charge in [-0.1, -0.05) is 18.2 Å². The van der Waals surface area contributed by atoms with Gasteiger partial charge in [0.2, 0.25) is 0 Å². The standard InChI is InChI=1S/C14H15N3S/c1-10(15-9-11-5-4-8-18-11)14-16-12-6-2-3-7-13(12)17-14/h2-8,10,15H,9H2,1H3,(H,16,17). The van der Waals surface area contributed by atoms with Gasteiger partial charge in [0.1, 0.15) is 5.82 Å². The first-order chi connectivity index (χ1) is 8.83. The van der Waals surface area contributed by atoms with E-state index in [4.69, 9.17) is 0 Å². The number of imidazole rings is 1. The Labute approximate surface area is 110 Å². The van der Waals surface area contributed by atoms with Gasteiger partial charge in [0.15, 0.2) is 0 Å². The van der Waals surface area contributed by atoms with Gasteiger partial charge in [-0.15, -0.1) is 11.3 Å². The fourth-order valence-corrected chi connectivity index (χ4v) is 2.60. The van der Waals surface area contributed by atoms with Crippen LogP contribution in [0.2, 0.25) is 0 Å². The van der Waals surface area contributed by atoms with E-state index in [2.05, 4.69) is 45.8 Å². The lowest BCUT2D eigenvalue weighted by molar-refractivity contribution is 0.556. The van der Waals surface area contributed by atoms with Crippen LogP contribution in [0.3, 0.4) is 0 Å². The number of benzene rings is 1. The summed E-state index contributed by atoms with van der Waals surface area (Å²) < 4.78 is 0. The third kappa shape index (κ3) is 2.30. The maximum absolute atomic E-state index is 4.60. The monoisotopic (exact) mass is 257 g/mol. The number of H-pyrrole nitrogens is 1. The largest absolute Gasteiger partial charge is 0.341 e. The molecule has 18 heavy (non-hydrogen) atoms. The van der Waals surface area contributed by atoms with Crippen LogP contribution in [0.5, 0.6) is 0 Å². The van der Waals surface area contributed by atoms with Crippen molar-refractivity contribution in [2.75, 3.05) is 0 Å². The summed E-state index contributed by atoms with van der Waals surface area (Å²) in [5, 5.41) is 5.58. The van der Waals surface area contributed by atoms with E-state index in [-0.39, 0.29) is 6.04 Å². The highest BCUT2D eigenvalue weighted by Gasteiger charge is 2.09. The van der Waals surface area contributed by atoms with E-state index in [1.807, 2.05) is 18.2 Å². The van der Waals surface area contributed by atoms with E-state index >= 15 is 0 Å². The molecule has 2 aromatic heterocycles. The first-order valence-corrected chi connectivity index (χ1v) is 6.91. The first-order valence-electron chi connectivity index (χ1n) is 6.03. The minimum absolute atomic E-state index is 0.222. The van der Waals surface area contributed by atoms with Crippen molar-refractivity contribution in [2.45, 2.75) is 19.5 Å². The lowest BCUT2D eigenvalue weighted by atomic mass is 10.3. The molecule has 0 bridgehead atoms. The Bertz CT molecular complexity index is 594. The summed E-state index contributed by atoms with van der Waals surface area (Å²) in [6.45, 7) is 3.02. The van der Waals surface area contributed by atoms with Crippen LogP contribution in [0, 0.1) is 0 Å². The van der Waals surface area contributed by atoms with Crippen LogP contribution in [0.25, 0.3) is 11.0 Å². The number of hydrogen-bond acceptors (Lipinski definition) is 3. The predicted molar refractivity (Wildman–Crippen MR) is 75.7 cm³/mol. The van der Waals surface area contributed by atoms with Crippen molar-refractivity contribution in [2.24, 2.45) is 0 Å². The lowest BCUT2D eigenvalue weighted by Crippen LogP contribution is -2.18. The molecule has 3 aromatic rings. The van der Waals surface area contributed by atoms with Gasteiger partial charge in [0.25, 0.3) is 0 Å². The first kappa shape index (κ1) is 11.4. The van der Waals surface area contributed by atoms with Gasteiger partial charge < -0.3 is 10.3 Å².